The van der Waals surface area contributed by atoms with Crippen molar-refractivity contribution < 1.29 is 9.47 Å². The molecule has 2 aromatic carbocycles. The summed E-state index contributed by atoms with van der Waals surface area (Å²) < 4.78 is 14.2. The fourth-order valence-corrected chi connectivity index (χ4v) is 5.81. The third-order valence-corrected chi connectivity index (χ3v) is 7.59. The minimum absolute atomic E-state index is 0.472. The number of fused-ring (bicyclic) bond motifs is 2. The molecule has 1 aliphatic rings. The summed E-state index contributed by atoms with van der Waals surface area (Å²) in [5.74, 6) is 2.16. The molecule has 0 radical (unpaired) electrons. The van der Waals surface area contributed by atoms with Crippen LogP contribution in [-0.2, 0) is 6.54 Å². The van der Waals surface area contributed by atoms with E-state index >= 15 is 0 Å². The van der Waals surface area contributed by atoms with Crippen LogP contribution in [0.5, 0.6) is 11.5 Å². The maximum atomic E-state index is 5.48. The van der Waals surface area contributed by atoms with E-state index in [-0.39, 0.29) is 0 Å². The van der Waals surface area contributed by atoms with E-state index in [1.54, 1.807) is 25.6 Å². The Bertz CT molecular complexity index is 1230. The van der Waals surface area contributed by atoms with Gasteiger partial charge in [-0.15, -0.1) is 0 Å². The van der Waals surface area contributed by atoms with Gasteiger partial charge in [0.05, 0.1) is 41.8 Å². The normalized spacial score (nSPS) is 15.8. The molecule has 0 amide bonds. The molecule has 7 heteroatoms. The number of thiazole rings is 1. The minimum Gasteiger partial charge on any atom is -0.493 e. The van der Waals surface area contributed by atoms with Crippen LogP contribution < -0.4 is 14.8 Å². The number of hydrogen-bond donors (Lipinski definition) is 1. The fraction of sp³-hybridized carbons (Fsp3) is 0.440. The topological polar surface area (TPSA) is 61.2 Å². The number of hydrogen-bond acceptors (Lipinski definition) is 6. The van der Waals surface area contributed by atoms with Gasteiger partial charge in [-0.3, -0.25) is 0 Å². The quantitative estimate of drug-likeness (QED) is 0.369. The van der Waals surface area contributed by atoms with E-state index in [1.165, 1.54) is 42.4 Å². The van der Waals surface area contributed by atoms with E-state index in [4.69, 9.17) is 14.5 Å². The third kappa shape index (κ3) is 4.13. The standard InChI is InChI=1S/C25H30N4O2S/c1-16(18-7-5-4-6-8-18)27-25-28-19-10-9-17(11-24(19)32-25)14-29-15-26-20-12-22(30-2)23(31-3)13-21(20)29/h9-13,15-16,18H,4-8,14H2,1-3H3,(H,27,28)/t16-/m0/s1. The highest BCUT2D eigenvalue weighted by molar-refractivity contribution is 7.22. The number of ether oxygens (including phenoxy) is 2. The number of imidazole rings is 1. The van der Waals surface area contributed by atoms with Crippen LogP contribution in [0.25, 0.3) is 21.3 Å². The molecule has 0 bridgehead atoms. The highest BCUT2D eigenvalue weighted by Crippen LogP contribution is 2.33. The molecule has 5 rings (SSSR count). The lowest BCUT2D eigenvalue weighted by atomic mass is 9.85. The average molecular weight is 451 g/mol. The molecule has 1 N–H and O–H groups in total. The second-order valence-electron chi connectivity index (χ2n) is 8.72. The summed E-state index contributed by atoms with van der Waals surface area (Å²) in [6.45, 7) is 3.04. The van der Waals surface area contributed by atoms with Gasteiger partial charge in [0.25, 0.3) is 0 Å². The number of aromatic nitrogens is 3. The maximum absolute atomic E-state index is 5.48. The molecule has 0 saturated heterocycles. The molecule has 32 heavy (non-hydrogen) atoms. The van der Waals surface area contributed by atoms with Crippen LogP contribution in [0.2, 0.25) is 0 Å². The summed E-state index contributed by atoms with van der Waals surface area (Å²) in [5.41, 5.74) is 4.20. The van der Waals surface area contributed by atoms with E-state index < -0.39 is 0 Å². The Morgan fingerprint density at radius 3 is 2.62 bits per heavy atom. The van der Waals surface area contributed by atoms with E-state index in [9.17, 15) is 0 Å². The maximum Gasteiger partial charge on any atom is 0.184 e. The lowest BCUT2D eigenvalue weighted by Gasteiger charge is -2.28. The van der Waals surface area contributed by atoms with Crippen LogP contribution in [0.4, 0.5) is 5.13 Å². The number of rotatable bonds is 7. The monoisotopic (exact) mass is 450 g/mol. The van der Waals surface area contributed by atoms with Crippen molar-refractivity contribution in [3.8, 4) is 11.5 Å². The van der Waals surface area contributed by atoms with Gasteiger partial charge in [-0.2, -0.15) is 0 Å². The van der Waals surface area contributed by atoms with E-state index in [0.29, 0.717) is 17.5 Å². The van der Waals surface area contributed by atoms with E-state index in [2.05, 4.69) is 40.0 Å². The van der Waals surface area contributed by atoms with Gasteiger partial charge >= 0.3 is 0 Å². The zero-order valence-electron chi connectivity index (χ0n) is 18.9. The first-order valence-electron chi connectivity index (χ1n) is 11.4. The molecule has 1 saturated carbocycles. The van der Waals surface area contributed by atoms with Gasteiger partial charge < -0.3 is 19.4 Å². The van der Waals surface area contributed by atoms with Crippen LogP contribution in [-0.4, -0.2) is 34.8 Å². The molecule has 4 aromatic rings. The Kier molecular flexibility index (Phi) is 5.91. The van der Waals surface area contributed by atoms with Crippen molar-refractivity contribution in [1.29, 1.82) is 0 Å². The van der Waals surface area contributed by atoms with Gasteiger partial charge in [-0.25, -0.2) is 9.97 Å². The highest BCUT2D eigenvalue weighted by atomic mass is 32.1. The Balaban J connectivity index is 1.36. The van der Waals surface area contributed by atoms with Crippen molar-refractivity contribution in [1.82, 2.24) is 14.5 Å². The van der Waals surface area contributed by atoms with Crippen molar-refractivity contribution in [2.24, 2.45) is 5.92 Å². The summed E-state index contributed by atoms with van der Waals surface area (Å²) in [5, 5.41) is 4.71. The molecule has 2 heterocycles. The van der Waals surface area contributed by atoms with Gasteiger partial charge in [-0.05, 0) is 43.4 Å². The first kappa shape index (κ1) is 21.1. The largest absolute Gasteiger partial charge is 0.493 e. The lowest BCUT2D eigenvalue weighted by Crippen LogP contribution is -2.27. The summed E-state index contributed by atoms with van der Waals surface area (Å²) in [4.78, 5) is 9.39. The zero-order chi connectivity index (χ0) is 22.1. The van der Waals surface area contributed by atoms with Crippen molar-refractivity contribution in [3.05, 3.63) is 42.2 Å². The average Bonchev–Trinajstić information content (AvgIpc) is 3.41. The van der Waals surface area contributed by atoms with Gasteiger partial charge in [0.2, 0.25) is 0 Å². The van der Waals surface area contributed by atoms with Crippen molar-refractivity contribution in [3.63, 3.8) is 0 Å². The lowest BCUT2D eigenvalue weighted by molar-refractivity contribution is 0.328. The Morgan fingerprint density at radius 1 is 1.06 bits per heavy atom. The molecule has 168 valence electrons. The molecule has 1 atom stereocenters. The van der Waals surface area contributed by atoms with Crippen molar-refractivity contribution in [2.45, 2.75) is 51.6 Å². The van der Waals surface area contributed by atoms with Crippen molar-refractivity contribution in [2.75, 3.05) is 19.5 Å². The Morgan fingerprint density at radius 2 is 1.84 bits per heavy atom. The molecule has 0 spiro atoms. The summed E-state index contributed by atoms with van der Waals surface area (Å²) in [6.07, 6.45) is 8.65. The van der Waals surface area contributed by atoms with Crippen LogP contribution in [0.15, 0.2) is 36.7 Å². The SMILES string of the molecule is COc1cc2ncn(Cc3ccc4nc(N[C@@H](C)C5CCCCC5)sc4c3)c2cc1OC. The molecule has 6 nitrogen and oxygen atoms in total. The molecule has 0 unspecified atom stereocenters. The molecular formula is C25H30N4O2S. The Hall–Kier alpha value is -2.80. The minimum atomic E-state index is 0.472. The number of benzene rings is 2. The fourth-order valence-electron chi connectivity index (χ4n) is 4.78. The molecule has 2 aromatic heterocycles. The zero-order valence-corrected chi connectivity index (χ0v) is 19.7. The molecule has 1 fully saturated rings. The summed E-state index contributed by atoms with van der Waals surface area (Å²) in [7, 11) is 3.30. The number of nitrogens with one attached hydrogen (secondary N) is 1. The first-order valence-corrected chi connectivity index (χ1v) is 12.2. The number of anilines is 1. The van der Waals surface area contributed by atoms with Crippen LogP contribution in [0.1, 0.15) is 44.6 Å². The molecule has 1 aliphatic carbocycles. The second-order valence-corrected chi connectivity index (χ2v) is 9.75. The van der Waals surface area contributed by atoms with Crippen molar-refractivity contribution >= 4 is 37.7 Å². The summed E-state index contributed by atoms with van der Waals surface area (Å²) >= 11 is 1.75. The third-order valence-electron chi connectivity index (χ3n) is 6.64. The van der Waals surface area contributed by atoms with E-state index in [0.717, 1.165) is 34.1 Å². The highest BCUT2D eigenvalue weighted by Gasteiger charge is 2.21. The predicted octanol–water partition coefficient (Wildman–Crippen LogP) is 6.09. The molecular weight excluding hydrogens is 420 g/mol. The second kappa shape index (κ2) is 8.98. The van der Waals surface area contributed by atoms with Gasteiger partial charge in [0, 0.05) is 24.7 Å². The first-order chi connectivity index (χ1) is 15.6. The predicted molar refractivity (Wildman–Crippen MR) is 131 cm³/mol. The van der Waals surface area contributed by atoms with Gasteiger partial charge in [0.1, 0.15) is 0 Å². The number of methoxy groups -OCH3 is 2. The Labute approximate surface area is 192 Å². The van der Waals surface area contributed by atoms with Gasteiger partial charge in [-0.1, -0.05) is 36.7 Å². The van der Waals surface area contributed by atoms with Gasteiger partial charge in [0.15, 0.2) is 16.6 Å². The van der Waals surface area contributed by atoms with Crippen LogP contribution >= 0.6 is 11.3 Å². The smallest absolute Gasteiger partial charge is 0.184 e. The number of nitrogens with zero attached hydrogens (tertiary/aromatic N) is 3. The van der Waals surface area contributed by atoms with E-state index in [1.807, 2.05) is 18.5 Å². The van der Waals surface area contributed by atoms with Crippen LogP contribution in [0.3, 0.4) is 0 Å². The summed E-state index contributed by atoms with van der Waals surface area (Å²) in [6, 6.07) is 10.9. The van der Waals surface area contributed by atoms with Crippen LogP contribution in [0, 0.1) is 5.92 Å². The molecule has 0 aliphatic heterocycles.